The minimum absolute atomic E-state index is 0.110. The van der Waals surface area contributed by atoms with Crippen LogP contribution in [0.5, 0.6) is 0 Å². The molecule has 0 fully saturated rings. The quantitative estimate of drug-likeness (QED) is 0.797. The number of hydrogen-bond donors (Lipinski definition) is 1. The Morgan fingerprint density at radius 1 is 1.44 bits per heavy atom. The Labute approximate surface area is 101 Å². The van der Waals surface area contributed by atoms with E-state index in [1.807, 2.05) is 11.8 Å². The van der Waals surface area contributed by atoms with E-state index in [0.29, 0.717) is 11.8 Å². The molecule has 1 aromatic rings. The Hall–Kier alpha value is -0.550. The van der Waals surface area contributed by atoms with E-state index in [2.05, 4.69) is 30.9 Å². The van der Waals surface area contributed by atoms with Crippen molar-refractivity contribution in [2.45, 2.75) is 45.4 Å². The molecule has 92 valence electrons. The highest BCUT2D eigenvalue weighted by atomic mass is 32.2. The van der Waals surface area contributed by atoms with Gasteiger partial charge in [-0.25, -0.2) is 0 Å². The molecule has 0 radical (unpaired) electrons. The zero-order chi connectivity index (χ0) is 12.0. The van der Waals surface area contributed by atoms with Crippen LogP contribution in [-0.2, 0) is 5.75 Å². The standard InChI is InChI=1S/C11H21N3OS/c1-4-5-9(12)11-13-10(14-15-11)7-16-6-8(2)3/h8-9H,4-7,12H2,1-3H3/t9-/m0/s1. The third kappa shape index (κ3) is 4.53. The molecular formula is C11H21N3OS. The molecule has 4 nitrogen and oxygen atoms in total. The molecule has 0 saturated heterocycles. The van der Waals surface area contributed by atoms with E-state index in [-0.39, 0.29) is 6.04 Å². The monoisotopic (exact) mass is 243 g/mol. The molecule has 0 aromatic carbocycles. The minimum atomic E-state index is -0.110. The van der Waals surface area contributed by atoms with Crippen LogP contribution in [0.1, 0.15) is 51.4 Å². The normalized spacial score (nSPS) is 13.3. The maximum absolute atomic E-state index is 5.89. The number of hydrogen-bond acceptors (Lipinski definition) is 5. The molecule has 0 aliphatic heterocycles. The summed E-state index contributed by atoms with van der Waals surface area (Å²) in [4.78, 5) is 4.30. The molecule has 1 heterocycles. The second-order valence-corrected chi connectivity index (χ2v) is 5.38. The second-order valence-electron chi connectivity index (χ2n) is 4.35. The van der Waals surface area contributed by atoms with Crippen molar-refractivity contribution >= 4 is 11.8 Å². The largest absolute Gasteiger partial charge is 0.338 e. The van der Waals surface area contributed by atoms with Crippen molar-refractivity contribution in [1.29, 1.82) is 0 Å². The summed E-state index contributed by atoms with van der Waals surface area (Å²) in [5.74, 6) is 3.94. The number of nitrogens with zero attached hydrogens (tertiary/aromatic N) is 2. The Bertz CT molecular complexity index is 301. The van der Waals surface area contributed by atoms with Gasteiger partial charge in [-0.15, -0.1) is 0 Å². The van der Waals surface area contributed by atoms with Crippen LogP contribution in [0.2, 0.25) is 0 Å². The van der Waals surface area contributed by atoms with E-state index in [9.17, 15) is 0 Å². The minimum Gasteiger partial charge on any atom is -0.338 e. The Morgan fingerprint density at radius 2 is 2.19 bits per heavy atom. The van der Waals surface area contributed by atoms with Crippen LogP contribution in [0.3, 0.4) is 0 Å². The van der Waals surface area contributed by atoms with Gasteiger partial charge in [-0.3, -0.25) is 0 Å². The molecule has 2 N–H and O–H groups in total. The molecule has 0 unspecified atom stereocenters. The third-order valence-electron chi connectivity index (χ3n) is 2.08. The van der Waals surface area contributed by atoms with E-state index in [1.165, 1.54) is 0 Å². The van der Waals surface area contributed by atoms with Crippen LogP contribution in [0.25, 0.3) is 0 Å². The molecule has 0 aliphatic carbocycles. The van der Waals surface area contributed by atoms with Gasteiger partial charge in [0.25, 0.3) is 0 Å². The maximum atomic E-state index is 5.89. The summed E-state index contributed by atoms with van der Waals surface area (Å²) in [5.41, 5.74) is 5.89. The highest BCUT2D eigenvalue weighted by Crippen LogP contribution is 2.17. The highest BCUT2D eigenvalue weighted by molar-refractivity contribution is 7.98. The molecule has 16 heavy (non-hydrogen) atoms. The molecule has 0 bridgehead atoms. The molecule has 0 aliphatic rings. The first-order valence-corrected chi connectivity index (χ1v) is 6.94. The summed E-state index contributed by atoms with van der Waals surface area (Å²) in [6, 6.07) is -0.110. The van der Waals surface area contributed by atoms with Gasteiger partial charge >= 0.3 is 0 Å². The summed E-state index contributed by atoms with van der Waals surface area (Å²) in [6.45, 7) is 6.49. The molecule has 1 atom stereocenters. The summed E-state index contributed by atoms with van der Waals surface area (Å²) in [6.07, 6.45) is 1.92. The first-order chi connectivity index (χ1) is 7.63. The van der Waals surface area contributed by atoms with Crippen molar-refractivity contribution in [1.82, 2.24) is 10.1 Å². The van der Waals surface area contributed by atoms with Crippen LogP contribution in [0.4, 0.5) is 0 Å². The third-order valence-corrected chi connectivity index (χ3v) is 3.45. The topological polar surface area (TPSA) is 64.9 Å². The smallest absolute Gasteiger partial charge is 0.243 e. The van der Waals surface area contributed by atoms with Gasteiger partial charge in [0, 0.05) is 0 Å². The average Bonchev–Trinajstić information content (AvgIpc) is 2.66. The van der Waals surface area contributed by atoms with Crippen LogP contribution in [0, 0.1) is 5.92 Å². The first-order valence-electron chi connectivity index (χ1n) is 5.79. The maximum Gasteiger partial charge on any atom is 0.243 e. The summed E-state index contributed by atoms with van der Waals surface area (Å²) >= 11 is 1.83. The molecular weight excluding hydrogens is 222 g/mol. The van der Waals surface area contributed by atoms with Gasteiger partial charge in [0.1, 0.15) is 0 Å². The SMILES string of the molecule is CCC[C@H](N)c1nc(CSCC(C)C)no1. The second kappa shape index (κ2) is 6.91. The van der Waals surface area contributed by atoms with Crippen LogP contribution < -0.4 is 5.73 Å². The van der Waals surface area contributed by atoms with Crippen LogP contribution >= 0.6 is 11.8 Å². The fraction of sp³-hybridized carbons (Fsp3) is 0.818. The van der Waals surface area contributed by atoms with Crippen molar-refractivity contribution in [2.24, 2.45) is 11.7 Å². The Kier molecular flexibility index (Phi) is 5.84. The molecule has 0 amide bonds. The summed E-state index contributed by atoms with van der Waals surface area (Å²) < 4.78 is 5.14. The Balaban J connectivity index is 2.39. The van der Waals surface area contributed by atoms with Gasteiger partial charge < -0.3 is 10.3 Å². The van der Waals surface area contributed by atoms with E-state index < -0.39 is 0 Å². The first kappa shape index (κ1) is 13.5. The number of nitrogens with two attached hydrogens (primary N) is 1. The molecule has 5 heteroatoms. The lowest BCUT2D eigenvalue weighted by Gasteiger charge is -2.02. The van der Waals surface area contributed by atoms with Crippen molar-refractivity contribution in [3.05, 3.63) is 11.7 Å². The number of aromatic nitrogens is 2. The molecule has 1 rings (SSSR count). The van der Waals surface area contributed by atoms with Gasteiger partial charge in [0.15, 0.2) is 5.82 Å². The van der Waals surface area contributed by atoms with Gasteiger partial charge in [-0.1, -0.05) is 32.3 Å². The molecule has 0 spiro atoms. The molecule has 0 saturated carbocycles. The van der Waals surface area contributed by atoms with Crippen molar-refractivity contribution < 1.29 is 4.52 Å². The van der Waals surface area contributed by atoms with Gasteiger partial charge in [0.05, 0.1) is 11.8 Å². The van der Waals surface area contributed by atoms with E-state index in [4.69, 9.17) is 10.3 Å². The van der Waals surface area contributed by atoms with Crippen molar-refractivity contribution in [2.75, 3.05) is 5.75 Å². The number of rotatable bonds is 7. The lowest BCUT2D eigenvalue weighted by atomic mass is 10.2. The summed E-state index contributed by atoms with van der Waals surface area (Å²) in [5, 5.41) is 3.93. The van der Waals surface area contributed by atoms with Crippen LogP contribution in [-0.4, -0.2) is 15.9 Å². The lowest BCUT2D eigenvalue weighted by Crippen LogP contribution is -2.10. The zero-order valence-corrected chi connectivity index (χ0v) is 11.1. The van der Waals surface area contributed by atoms with E-state index in [1.54, 1.807) is 0 Å². The van der Waals surface area contributed by atoms with Crippen molar-refractivity contribution in [3.63, 3.8) is 0 Å². The lowest BCUT2D eigenvalue weighted by molar-refractivity contribution is 0.345. The van der Waals surface area contributed by atoms with E-state index in [0.717, 1.165) is 30.2 Å². The highest BCUT2D eigenvalue weighted by Gasteiger charge is 2.13. The predicted molar refractivity (Wildman–Crippen MR) is 67.1 cm³/mol. The predicted octanol–water partition coefficient (Wildman–Crippen LogP) is 2.76. The van der Waals surface area contributed by atoms with Crippen LogP contribution in [0.15, 0.2) is 4.52 Å². The average molecular weight is 243 g/mol. The van der Waals surface area contributed by atoms with Crippen molar-refractivity contribution in [3.8, 4) is 0 Å². The van der Waals surface area contributed by atoms with E-state index >= 15 is 0 Å². The van der Waals surface area contributed by atoms with Gasteiger partial charge in [0.2, 0.25) is 5.89 Å². The fourth-order valence-electron chi connectivity index (χ4n) is 1.30. The number of thioether (sulfide) groups is 1. The molecule has 1 aromatic heterocycles. The zero-order valence-electron chi connectivity index (χ0n) is 10.3. The summed E-state index contributed by atoms with van der Waals surface area (Å²) in [7, 11) is 0. The van der Waals surface area contributed by atoms with Gasteiger partial charge in [-0.05, 0) is 18.1 Å². The fourth-order valence-corrected chi connectivity index (χ4v) is 2.19. The van der Waals surface area contributed by atoms with Gasteiger partial charge in [-0.2, -0.15) is 16.7 Å². The Morgan fingerprint density at radius 3 is 2.81 bits per heavy atom.